The summed E-state index contributed by atoms with van der Waals surface area (Å²) in [5, 5.41) is 0. The number of hydrogen-bond acceptors (Lipinski definition) is 0. The van der Waals surface area contributed by atoms with Crippen molar-refractivity contribution < 1.29 is 0 Å². The van der Waals surface area contributed by atoms with Crippen molar-refractivity contribution in [3.05, 3.63) is 59.2 Å². The summed E-state index contributed by atoms with van der Waals surface area (Å²) in [6.07, 6.45) is 3.49. The molecule has 0 aliphatic heterocycles. The Balaban J connectivity index is 2.30. The van der Waals surface area contributed by atoms with E-state index in [2.05, 4.69) is 63.2 Å². The minimum atomic E-state index is 1.10. The lowest BCUT2D eigenvalue weighted by Crippen LogP contribution is -1.88. The normalized spacial score (nSPS) is 10.6. The van der Waals surface area contributed by atoms with Crippen LogP contribution in [0.4, 0.5) is 0 Å². The summed E-state index contributed by atoms with van der Waals surface area (Å²) < 4.78 is 0. The Bertz CT molecular complexity index is 506. The molecule has 0 amide bonds. The highest BCUT2D eigenvalue weighted by Gasteiger charge is 2.01. The molecular weight excluding hydrogens is 216 g/mol. The molecule has 0 unspecified atom stereocenters. The van der Waals surface area contributed by atoms with Gasteiger partial charge in [-0.1, -0.05) is 62.7 Å². The van der Waals surface area contributed by atoms with Crippen LogP contribution in [0.2, 0.25) is 0 Å². The lowest BCUT2D eigenvalue weighted by Gasteiger charge is -2.08. The first-order valence-corrected chi connectivity index (χ1v) is 6.93. The molecule has 0 aromatic heterocycles. The van der Waals surface area contributed by atoms with Gasteiger partial charge in [-0.15, -0.1) is 0 Å². The Hall–Kier alpha value is -1.56. The summed E-state index contributed by atoms with van der Waals surface area (Å²) in [5.41, 5.74) is 6.93. The van der Waals surface area contributed by atoms with Gasteiger partial charge in [-0.2, -0.15) is 0 Å². The smallest absolute Gasteiger partial charge is 0.0181 e. The molecule has 2 aromatic rings. The average Bonchev–Trinajstić information content (AvgIpc) is 2.41. The fraction of sp³-hybridized carbons (Fsp3) is 0.333. The van der Waals surface area contributed by atoms with Gasteiger partial charge in [0.25, 0.3) is 0 Å². The van der Waals surface area contributed by atoms with Crippen molar-refractivity contribution in [2.24, 2.45) is 0 Å². The molecule has 0 heterocycles. The van der Waals surface area contributed by atoms with Gasteiger partial charge < -0.3 is 0 Å². The van der Waals surface area contributed by atoms with Crippen LogP contribution in [0.5, 0.6) is 0 Å². The summed E-state index contributed by atoms with van der Waals surface area (Å²) in [7, 11) is 0. The van der Waals surface area contributed by atoms with Gasteiger partial charge in [-0.05, 0) is 47.6 Å². The van der Waals surface area contributed by atoms with Crippen LogP contribution in [0.25, 0.3) is 11.1 Å². The van der Waals surface area contributed by atoms with Crippen LogP contribution in [0, 0.1) is 6.92 Å². The number of rotatable bonds is 4. The Morgan fingerprint density at radius 3 is 2.11 bits per heavy atom. The van der Waals surface area contributed by atoms with Crippen molar-refractivity contribution in [2.75, 3.05) is 0 Å². The van der Waals surface area contributed by atoms with E-state index in [1.807, 2.05) is 0 Å². The van der Waals surface area contributed by atoms with E-state index in [0.717, 1.165) is 6.42 Å². The van der Waals surface area contributed by atoms with Crippen molar-refractivity contribution in [1.29, 1.82) is 0 Å². The lowest BCUT2D eigenvalue weighted by molar-refractivity contribution is 0.922. The first-order valence-electron chi connectivity index (χ1n) is 6.93. The van der Waals surface area contributed by atoms with Crippen LogP contribution >= 0.6 is 0 Å². The maximum absolute atomic E-state index is 2.32. The summed E-state index contributed by atoms with van der Waals surface area (Å²) in [6, 6.07) is 15.8. The van der Waals surface area contributed by atoms with Crippen molar-refractivity contribution in [3.8, 4) is 11.1 Å². The minimum absolute atomic E-state index is 1.10. The molecule has 0 atom stereocenters. The predicted octanol–water partition coefficient (Wildman–Crippen LogP) is 5.18. The summed E-state index contributed by atoms with van der Waals surface area (Å²) in [4.78, 5) is 0. The predicted molar refractivity (Wildman–Crippen MR) is 80.0 cm³/mol. The van der Waals surface area contributed by atoms with E-state index in [1.165, 1.54) is 40.7 Å². The van der Waals surface area contributed by atoms with Crippen LogP contribution in [-0.2, 0) is 12.8 Å². The van der Waals surface area contributed by atoms with Gasteiger partial charge in [-0.25, -0.2) is 0 Å². The molecule has 0 heteroatoms. The zero-order valence-electron chi connectivity index (χ0n) is 11.7. The van der Waals surface area contributed by atoms with Crippen molar-refractivity contribution in [2.45, 2.75) is 40.0 Å². The number of benzene rings is 2. The van der Waals surface area contributed by atoms with E-state index in [4.69, 9.17) is 0 Å². The Morgan fingerprint density at radius 2 is 1.50 bits per heavy atom. The third-order valence-electron chi connectivity index (χ3n) is 3.56. The van der Waals surface area contributed by atoms with Crippen LogP contribution in [0.15, 0.2) is 42.5 Å². The fourth-order valence-electron chi connectivity index (χ4n) is 2.38. The van der Waals surface area contributed by atoms with Gasteiger partial charge in [0, 0.05) is 0 Å². The SMILES string of the molecule is CCCc1ccc(-c2ccc(C)c(CC)c2)cc1. The Labute approximate surface area is 111 Å². The monoisotopic (exact) mass is 238 g/mol. The van der Waals surface area contributed by atoms with Crippen LogP contribution in [0.1, 0.15) is 37.0 Å². The molecule has 0 spiro atoms. The Kier molecular flexibility index (Phi) is 4.19. The highest BCUT2D eigenvalue weighted by atomic mass is 14.1. The van der Waals surface area contributed by atoms with Crippen LogP contribution < -0.4 is 0 Å². The molecule has 0 nitrogen and oxygen atoms in total. The topological polar surface area (TPSA) is 0 Å². The zero-order valence-corrected chi connectivity index (χ0v) is 11.7. The molecular formula is C18H22. The second kappa shape index (κ2) is 5.86. The molecule has 94 valence electrons. The van der Waals surface area contributed by atoms with Gasteiger partial charge in [0.15, 0.2) is 0 Å². The maximum Gasteiger partial charge on any atom is -0.0181 e. The third-order valence-corrected chi connectivity index (χ3v) is 3.56. The second-order valence-electron chi connectivity index (χ2n) is 4.94. The summed E-state index contributed by atoms with van der Waals surface area (Å²) in [5.74, 6) is 0. The van der Waals surface area contributed by atoms with Crippen LogP contribution in [-0.4, -0.2) is 0 Å². The Morgan fingerprint density at radius 1 is 0.833 bits per heavy atom. The van der Waals surface area contributed by atoms with Crippen LogP contribution in [0.3, 0.4) is 0 Å². The van der Waals surface area contributed by atoms with E-state index < -0.39 is 0 Å². The second-order valence-corrected chi connectivity index (χ2v) is 4.94. The molecule has 18 heavy (non-hydrogen) atoms. The minimum Gasteiger partial charge on any atom is -0.0651 e. The maximum atomic E-state index is 2.32. The first kappa shape index (κ1) is 12.9. The molecule has 2 aromatic carbocycles. The quantitative estimate of drug-likeness (QED) is 0.688. The van der Waals surface area contributed by atoms with Gasteiger partial charge in [0.2, 0.25) is 0 Å². The molecule has 0 saturated heterocycles. The molecule has 0 aliphatic carbocycles. The lowest BCUT2D eigenvalue weighted by atomic mass is 9.97. The van der Waals surface area contributed by atoms with Crippen molar-refractivity contribution >= 4 is 0 Å². The van der Waals surface area contributed by atoms with E-state index in [9.17, 15) is 0 Å². The summed E-state index contributed by atoms with van der Waals surface area (Å²) in [6.45, 7) is 6.63. The van der Waals surface area contributed by atoms with Gasteiger partial charge >= 0.3 is 0 Å². The van der Waals surface area contributed by atoms with E-state index in [1.54, 1.807) is 0 Å². The van der Waals surface area contributed by atoms with Gasteiger partial charge in [-0.3, -0.25) is 0 Å². The molecule has 0 radical (unpaired) electrons. The van der Waals surface area contributed by atoms with Gasteiger partial charge in [0.05, 0.1) is 0 Å². The molecule has 0 aliphatic rings. The number of aryl methyl sites for hydroxylation is 3. The van der Waals surface area contributed by atoms with Crippen molar-refractivity contribution in [3.63, 3.8) is 0 Å². The molecule has 0 bridgehead atoms. The van der Waals surface area contributed by atoms with E-state index in [0.29, 0.717) is 0 Å². The van der Waals surface area contributed by atoms with E-state index in [-0.39, 0.29) is 0 Å². The zero-order chi connectivity index (χ0) is 13.0. The highest BCUT2D eigenvalue weighted by Crippen LogP contribution is 2.23. The highest BCUT2D eigenvalue weighted by molar-refractivity contribution is 5.65. The van der Waals surface area contributed by atoms with E-state index >= 15 is 0 Å². The standard InChI is InChI=1S/C18H22/c1-4-6-15-8-11-17(12-9-15)18-10-7-14(3)16(5-2)13-18/h7-13H,4-6H2,1-3H3. The van der Waals surface area contributed by atoms with Crippen molar-refractivity contribution in [1.82, 2.24) is 0 Å². The average molecular weight is 238 g/mol. The largest absolute Gasteiger partial charge is 0.0651 e. The third kappa shape index (κ3) is 2.81. The number of hydrogen-bond donors (Lipinski definition) is 0. The molecule has 2 rings (SSSR count). The molecule has 0 fully saturated rings. The fourth-order valence-corrected chi connectivity index (χ4v) is 2.38. The van der Waals surface area contributed by atoms with Gasteiger partial charge in [0.1, 0.15) is 0 Å². The molecule has 0 N–H and O–H groups in total. The molecule has 0 saturated carbocycles. The first-order chi connectivity index (χ1) is 8.74. The summed E-state index contributed by atoms with van der Waals surface area (Å²) >= 11 is 0.